The van der Waals surface area contributed by atoms with Gasteiger partial charge in [0, 0.05) is 23.1 Å². The van der Waals surface area contributed by atoms with Crippen LogP contribution in [0.25, 0.3) is 21.9 Å². The zero-order chi connectivity index (χ0) is 17.4. The smallest absolute Gasteiger partial charge is 0.121 e. The van der Waals surface area contributed by atoms with Gasteiger partial charge in [-0.05, 0) is 55.3 Å². The molecule has 128 valence electrons. The highest BCUT2D eigenvalue weighted by Crippen LogP contribution is 2.26. The van der Waals surface area contributed by atoms with Crippen molar-refractivity contribution in [2.75, 3.05) is 7.11 Å². The van der Waals surface area contributed by atoms with E-state index in [1.807, 2.05) is 6.07 Å². The molecule has 4 rings (SSSR count). The van der Waals surface area contributed by atoms with Gasteiger partial charge in [0.1, 0.15) is 11.6 Å². The summed E-state index contributed by atoms with van der Waals surface area (Å²) in [5, 5.41) is 4.67. The number of benzene rings is 2. The van der Waals surface area contributed by atoms with Crippen molar-refractivity contribution in [2.45, 2.75) is 26.9 Å². The van der Waals surface area contributed by atoms with Crippen LogP contribution in [0.3, 0.4) is 0 Å². The number of fused-ring (bicyclic) bond motifs is 2. The van der Waals surface area contributed by atoms with Crippen molar-refractivity contribution in [1.29, 1.82) is 0 Å². The molecule has 0 bridgehead atoms. The summed E-state index contributed by atoms with van der Waals surface area (Å²) >= 11 is 0. The first kappa shape index (κ1) is 15.7. The standard InChI is InChI=1S/C20H22N4O/c1-12-4-6-17-18(8-12)24-20(23-17)11-21-10-19-13(2)15-9-14(25-3)5-7-16(15)22-19/h4-9,21-22H,10-11H2,1-3H3,(H,23,24). The summed E-state index contributed by atoms with van der Waals surface area (Å²) in [7, 11) is 1.69. The minimum atomic E-state index is 0.700. The average molecular weight is 334 g/mol. The van der Waals surface area contributed by atoms with Crippen molar-refractivity contribution in [3.8, 4) is 5.75 Å². The van der Waals surface area contributed by atoms with Gasteiger partial charge in [0.15, 0.2) is 0 Å². The molecule has 0 saturated carbocycles. The minimum absolute atomic E-state index is 0.700. The topological polar surface area (TPSA) is 65.7 Å². The lowest BCUT2D eigenvalue weighted by Gasteiger charge is -2.02. The molecule has 4 aromatic rings. The van der Waals surface area contributed by atoms with Crippen LogP contribution >= 0.6 is 0 Å². The van der Waals surface area contributed by atoms with E-state index in [4.69, 9.17) is 4.74 Å². The second-order valence-corrected chi connectivity index (χ2v) is 6.45. The first-order valence-corrected chi connectivity index (χ1v) is 8.45. The third-order valence-corrected chi connectivity index (χ3v) is 4.65. The van der Waals surface area contributed by atoms with Crippen LogP contribution in [0, 0.1) is 13.8 Å². The van der Waals surface area contributed by atoms with Gasteiger partial charge < -0.3 is 20.0 Å². The number of aryl methyl sites for hydroxylation is 2. The molecule has 0 atom stereocenters. The number of rotatable bonds is 5. The molecule has 5 heteroatoms. The van der Waals surface area contributed by atoms with Crippen molar-refractivity contribution < 1.29 is 4.74 Å². The van der Waals surface area contributed by atoms with E-state index >= 15 is 0 Å². The lowest BCUT2D eigenvalue weighted by molar-refractivity contribution is 0.415. The number of aromatic amines is 2. The number of H-pyrrole nitrogens is 2. The molecule has 2 aromatic carbocycles. The van der Waals surface area contributed by atoms with Gasteiger partial charge in [0.05, 0.1) is 24.7 Å². The van der Waals surface area contributed by atoms with Crippen LogP contribution in [0.1, 0.15) is 22.6 Å². The van der Waals surface area contributed by atoms with Gasteiger partial charge in [-0.3, -0.25) is 0 Å². The first-order valence-electron chi connectivity index (χ1n) is 8.45. The number of methoxy groups -OCH3 is 1. The van der Waals surface area contributed by atoms with Crippen LogP contribution in [-0.2, 0) is 13.1 Å². The fraction of sp³-hybridized carbons (Fsp3) is 0.250. The monoisotopic (exact) mass is 334 g/mol. The second kappa shape index (κ2) is 6.26. The van der Waals surface area contributed by atoms with E-state index in [0.29, 0.717) is 6.54 Å². The van der Waals surface area contributed by atoms with Crippen LogP contribution < -0.4 is 10.1 Å². The van der Waals surface area contributed by atoms with Crippen LogP contribution in [0.4, 0.5) is 0 Å². The van der Waals surface area contributed by atoms with Gasteiger partial charge in [-0.2, -0.15) is 0 Å². The highest BCUT2D eigenvalue weighted by molar-refractivity contribution is 5.85. The predicted octanol–water partition coefficient (Wildman–Crippen LogP) is 3.96. The molecule has 0 amide bonds. The van der Waals surface area contributed by atoms with E-state index in [2.05, 4.69) is 64.4 Å². The lowest BCUT2D eigenvalue weighted by atomic mass is 10.1. The number of imidazole rings is 1. The third-order valence-electron chi connectivity index (χ3n) is 4.65. The molecule has 2 aromatic heterocycles. The Morgan fingerprint density at radius 2 is 1.88 bits per heavy atom. The van der Waals surface area contributed by atoms with E-state index in [1.54, 1.807) is 7.11 Å². The predicted molar refractivity (Wildman–Crippen MR) is 101 cm³/mol. The zero-order valence-electron chi connectivity index (χ0n) is 14.7. The molecule has 3 N–H and O–H groups in total. The summed E-state index contributed by atoms with van der Waals surface area (Å²) in [6, 6.07) is 12.4. The SMILES string of the molecule is COc1ccc2[nH]c(CNCc3nc4ccc(C)cc4[nH]3)c(C)c2c1. The van der Waals surface area contributed by atoms with Crippen LogP contribution in [-0.4, -0.2) is 22.1 Å². The van der Waals surface area contributed by atoms with E-state index in [9.17, 15) is 0 Å². The molecular formula is C20H22N4O. The van der Waals surface area contributed by atoms with Gasteiger partial charge in [-0.1, -0.05) is 6.07 Å². The van der Waals surface area contributed by atoms with Crippen LogP contribution in [0.5, 0.6) is 5.75 Å². The van der Waals surface area contributed by atoms with Crippen LogP contribution in [0.2, 0.25) is 0 Å². The molecule has 0 aliphatic rings. The fourth-order valence-electron chi connectivity index (χ4n) is 3.23. The Labute approximate surface area is 146 Å². The molecule has 25 heavy (non-hydrogen) atoms. The Hall–Kier alpha value is -2.79. The maximum Gasteiger partial charge on any atom is 0.121 e. The van der Waals surface area contributed by atoms with Gasteiger partial charge in [0.25, 0.3) is 0 Å². The summed E-state index contributed by atoms with van der Waals surface area (Å²) in [5.74, 6) is 1.84. The largest absolute Gasteiger partial charge is 0.497 e. The van der Waals surface area contributed by atoms with Gasteiger partial charge in [-0.25, -0.2) is 4.98 Å². The van der Waals surface area contributed by atoms with Crippen LogP contribution in [0.15, 0.2) is 36.4 Å². The average Bonchev–Trinajstić information content (AvgIpc) is 3.15. The lowest BCUT2D eigenvalue weighted by Crippen LogP contribution is -2.14. The Morgan fingerprint density at radius 1 is 1.00 bits per heavy atom. The highest BCUT2D eigenvalue weighted by atomic mass is 16.5. The van der Waals surface area contributed by atoms with Crippen molar-refractivity contribution in [2.24, 2.45) is 0 Å². The number of ether oxygens (including phenoxy) is 1. The highest BCUT2D eigenvalue weighted by Gasteiger charge is 2.09. The number of aromatic nitrogens is 3. The summed E-state index contributed by atoms with van der Waals surface area (Å²) in [6.45, 7) is 5.69. The minimum Gasteiger partial charge on any atom is -0.497 e. The molecule has 2 heterocycles. The van der Waals surface area contributed by atoms with Crippen molar-refractivity contribution in [3.05, 3.63) is 59.0 Å². The molecule has 0 unspecified atom stereocenters. The maximum absolute atomic E-state index is 5.32. The maximum atomic E-state index is 5.32. The molecular weight excluding hydrogens is 312 g/mol. The summed E-state index contributed by atoms with van der Waals surface area (Å²) in [6.07, 6.45) is 0. The zero-order valence-corrected chi connectivity index (χ0v) is 14.7. The quantitative estimate of drug-likeness (QED) is 0.517. The second-order valence-electron chi connectivity index (χ2n) is 6.45. The molecule has 0 saturated heterocycles. The summed E-state index contributed by atoms with van der Waals surface area (Å²) in [5.41, 5.74) is 6.91. The van der Waals surface area contributed by atoms with E-state index in [-0.39, 0.29) is 0 Å². The van der Waals surface area contributed by atoms with E-state index < -0.39 is 0 Å². The Kier molecular flexibility index (Phi) is 3.93. The molecule has 0 aliphatic heterocycles. The van der Waals surface area contributed by atoms with Gasteiger partial charge >= 0.3 is 0 Å². The van der Waals surface area contributed by atoms with E-state index in [0.717, 1.165) is 34.7 Å². The van der Waals surface area contributed by atoms with Crippen molar-refractivity contribution in [3.63, 3.8) is 0 Å². The first-order chi connectivity index (χ1) is 12.1. The van der Waals surface area contributed by atoms with Crippen molar-refractivity contribution in [1.82, 2.24) is 20.3 Å². The normalized spacial score (nSPS) is 11.5. The van der Waals surface area contributed by atoms with Crippen molar-refractivity contribution >= 4 is 21.9 Å². The molecule has 0 spiro atoms. The number of nitrogens with zero attached hydrogens (tertiary/aromatic N) is 1. The molecule has 0 aliphatic carbocycles. The Balaban J connectivity index is 1.49. The van der Waals surface area contributed by atoms with Gasteiger partial charge in [-0.15, -0.1) is 0 Å². The number of hydrogen-bond acceptors (Lipinski definition) is 3. The molecule has 0 radical (unpaired) electrons. The molecule has 0 fully saturated rings. The number of hydrogen-bond donors (Lipinski definition) is 3. The van der Waals surface area contributed by atoms with Gasteiger partial charge in [0.2, 0.25) is 0 Å². The Bertz CT molecular complexity index is 1040. The number of nitrogens with one attached hydrogen (secondary N) is 3. The third kappa shape index (κ3) is 2.98. The molecule has 5 nitrogen and oxygen atoms in total. The summed E-state index contributed by atoms with van der Waals surface area (Å²) in [4.78, 5) is 11.5. The Morgan fingerprint density at radius 3 is 2.72 bits per heavy atom. The summed E-state index contributed by atoms with van der Waals surface area (Å²) < 4.78 is 5.32. The van der Waals surface area contributed by atoms with E-state index in [1.165, 1.54) is 22.2 Å². The fourth-order valence-corrected chi connectivity index (χ4v) is 3.23.